The first kappa shape index (κ1) is 12.3. The zero-order chi connectivity index (χ0) is 11.5. The molecule has 16 heavy (non-hydrogen) atoms. The molecule has 2 rings (SSSR count). The maximum absolute atomic E-state index is 3.65. The van der Waals surface area contributed by atoms with Crippen LogP contribution in [0.2, 0.25) is 0 Å². The van der Waals surface area contributed by atoms with Crippen molar-refractivity contribution in [2.75, 3.05) is 33.2 Å². The zero-order valence-electron chi connectivity index (χ0n) is 11.1. The highest BCUT2D eigenvalue weighted by atomic mass is 15.3. The first-order valence-electron chi connectivity index (χ1n) is 6.84. The van der Waals surface area contributed by atoms with Gasteiger partial charge in [0.1, 0.15) is 0 Å². The lowest BCUT2D eigenvalue weighted by atomic mass is 10.2. The van der Waals surface area contributed by atoms with Crippen LogP contribution in [0.5, 0.6) is 0 Å². The molecule has 0 aromatic carbocycles. The van der Waals surface area contributed by atoms with Crippen LogP contribution < -0.4 is 5.32 Å². The van der Waals surface area contributed by atoms with E-state index < -0.39 is 0 Å². The van der Waals surface area contributed by atoms with Crippen molar-refractivity contribution < 1.29 is 0 Å². The smallest absolute Gasteiger partial charge is 0.0198 e. The fourth-order valence-corrected chi connectivity index (χ4v) is 2.79. The van der Waals surface area contributed by atoms with Gasteiger partial charge < -0.3 is 10.2 Å². The fraction of sp³-hybridized carbons (Fsp3) is 1.00. The molecule has 1 heterocycles. The fourth-order valence-electron chi connectivity index (χ4n) is 2.79. The lowest BCUT2D eigenvalue weighted by Crippen LogP contribution is -2.47. The molecule has 0 amide bonds. The molecule has 1 aliphatic heterocycles. The number of likely N-dealkylation sites (N-methyl/N-ethyl adjacent to an activating group) is 1. The van der Waals surface area contributed by atoms with E-state index in [2.05, 4.69) is 36.0 Å². The van der Waals surface area contributed by atoms with Crippen LogP contribution in [0.15, 0.2) is 0 Å². The van der Waals surface area contributed by atoms with Gasteiger partial charge in [-0.05, 0) is 46.7 Å². The quantitative estimate of drug-likeness (QED) is 0.774. The van der Waals surface area contributed by atoms with Gasteiger partial charge in [0.2, 0.25) is 0 Å². The summed E-state index contributed by atoms with van der Waals surface area (Å²) in [7, 11) is 2.24. The molecule has 3 heteroatoms. The summed E-state index contributed by atoms with van der Waals surface area (Å²) < 4.78 is 0. The van der Waals surface area contributed by atoms with Gasteiger partial charge in [-0.15, -0.1) is 0 Å². The SMILES string of the molecule is CC(CNC1CC1)N1CCCN(C)CC1C. The van der Waals surface area contributed by atoms with E-state index in [9.17, 15) is 0 Å². The van der Waals surface area contributed by atoms with Gasteiger partial charge in [0, 0.05) is 37.8 Å². The van der Waals surface area contributed by atoms with E-state index in [1.807, 2.05) is 0 Å². The average molecular weight is 225 g/mol. The van der Waals surface area contributed by atoms with Crippen LogP contribution in [-0.2, 0) is 0 Å². The Balaban J connectivity index is 1.79. The van der Waals surface area contributed by atoms with Crippen molar-refractivity contribution in [3.05, 3.63) is 0 Å². The van der Waals surface area contributed by atoms with Crippen LogP contribution in [0.25, 0.3) is 0 Å². The summed E-state index contributed by atoms with van der Waals surface area (Å²) in [4.78, 5) is 5.14. The van der Waals surface area contributed by atoms with Crippen LogP contribution in [-0.4, -0.2) is 61.2 Å². The van der Waals surface area contributed by atoms with Crippen molar-refractivity contribution in [1.29, 1.82) is 0 Å². The predicted octanol–water partition coefficient (Wildman–Crippen LogP) is 1.15. The van der Waals surface area contributed by atoms with Crippen LogP contribution in [0.4, 0.5) is 0 Å². The molecular weight excluding hydrogens is 198 g/mol. The summed E-state index contributed by atoms with van der Waals surface area (Å²) in [6.45, 7) is 9.64. The van der Waals surface area contributed by atoms with E-state index in [4.69, 9.17) is 0 Å². The highest BCUT2D eigenvalue weighted by molar-refractivity contribution is 4.85. The van der Waals surface area contributed by atoms with Crippen LogP contribution in [0.1, 0.15) is 33.1 Å². The minimum Gasteiger partial charge on any atom is -0.312 e. The molecule has 1 saturated heterocycles. The third-order valence-electron chi connectivity index (χ3n) is 3.94. The molecule has 2 atom stereocenters. The highest BCUT2D eigenvalue weighted by Crippen LogP contribution is 2.19. The number of hydrogen-bond donors (Lipinski definition) is 1. The van der Waals surface area contributed by atoms with E-state index in [1.54, 1.807) is 0 Å². The standard InChI is InChI=1S/C13H27N3/c1-11(9-14-13-5-6-13)16-8-4-7-15(3)10-12(16)2/h11-14H,4-10H2,1-3H3. The predicted molar refractivity (Wildman–Crippen MR) is 68.8 cm³/mol. The van der Waals surface area contributed by atoms with Gasteiger partial charge in [0.25, 0.3) is 0 Å². The molecule has 94 valence electrons. The Morgan fingerprint density at radius 2 is 2.06 bits per heavy atom. The van der Waals surface area contributed by atoms with Gasteiger partial charge in [-0.25, -0.2) is 0 Å². The molecule has 0 spiro atoms. The Bertz CT molecular complexity index is 215. The number of nitrogens with zero attached hydrogens (tertiary/aromatic N) is 2. The van der Waals surface area contributed by atoms with Crippen molar-refractivity contribution >= 4 is 0 Å². The van der Waals surface area contributed by atoms with Gasteiger partial charge in [-0.3, -0.25) is 4.90 Å². The molecule has 2 fully saturated rings. The largest absolute Gasteiger partial charge is 0.312 e. The monoisotopic (exact) mass is 225 g/mol. The van der Waals surface area contributed by atoms with Crippen molar-refractivity contribution in [1.82, 2.24) is 15.1 Å². The topological polar surface area (TPSA) is 18.5 Å². The Morgan fingerprint density at radius 3 is 2.75 bits per heavy atom. The Labute approximate surface area is 100 Å². The lowest BCUT2D eigenvalue weighted by Gasteiger charge is -2.33. The summed E-state index contributed by atoms with van der Waals surface area (Å²) >= 11 is 0. The Hall–Kier alpha value is -0.120. The average Bonchev–Trinajstić information content (AvgIpc) is 3.03. The summed E-state index contributed by atoms with van der Waals surface area (Å²) in [5.74, 6) is 0. The van der Waals surface area contributed by atoms with Crippen LogP contribution >= 0.6 is 0 Å². The molecule has 2 unspecified atom stereocenters. The normalized spacial score (nSPS) is 31.3. The molecule has 1 N–H and O–H groups in total. The minimum absolute atomic E-state index is 0.683. The number of nitrogens with one attached hydrogen (secondary N) is 1. The molecule has 0 aromatic heterocycles. The van der Waals surface area contributed by atoms with Gasteiger partial charge in [-0.1, -0.05) is 0 Å². The molecule has 1 aliphatic carbocycles. The van der Waals surface area contributed by atoms with E-state index >= 15 is 0 Å². The summed E-state index contributed by atoms with van der Waals surface area (Å²) in [6.07, 6.45) is 4.10. The first-order valence-corrected chi connectivity index (χ1v) is 6.84. The minimum atomic E-state index is 0.683. The van der Waals surface area contributed by atoms with Gasteiger partial charge in [-0.2, -0.15) is 0 Å². The van der Waals surface area contributed by atoms with Crippen LogP contribution in [0, 0.1) is 0 Å². The Morgan fingerprint density at radius 1 is 1.31 bits per heavy atom. The first-order chi connectivity index (χ1) is 7.66. The second kappa shape index (κ2) is 5.48. The highest BCUT2D eigenvalue weighted by Gasteiger charge is 2.26. The second-order valence-corrected chi connectivity index (χ2v) is 5.73. The molecule has 3 nitrogen and oxygen atoms in total. The third kappa shape index (κ3) is 3.44. The third-order valence-corrected chi connectivity index (χ3v) is 3.94. The second-order valence-electron chi connectivity index (χ2n) is 5.73. The van der Waals surface area contributed by atoms with E-state index in [0.29, 0.717) is 12.1 Å². The summed E-state index contributed by atoms with van der Waals surface area (Å²) in [5, 5.41) is 3.65. The molecule has 0 aromatic rings. The maximum atomic E-state index is 3.65. The lowest BCUT2D eigenvalue weighted by molar-refractivity contribution is 0.150. The van der Waals surface area contributed by atoms with Crippen molar-refractivity contribution in [2.24, 2.45) is 0 Å². The molecule has 0 radical (unpaired) electrons. The number of rotatable bonds is 4. The molecule has 2 aliphatic rings. The van der Waals surface area contributed by atoms with Crippen molar-refractivity contribution in [3.63, 3.8) is 0 Å². The molecule has 1 saturated carbocycles. The zero-order valence-corrected chi connectivity index (χ0v) is 11.1. The van der Waals surface area contributed by atoms with Crippen molar-refractivity contribution in [3.8, 4) is 0 Å². The van der Waals surface area contributed by atoms with E-state index in [1.165, 1.54) is 45.4 Å². The summed E-state index contributed by atoms with van der Waals surface area (Å²) in [6, 6.07) is 2.22. The van der Waals surface area contributed by atoms with Crippen molar-refractivity contribution in [2.45, 2.75) is 51.2 Å². The van der Waals surface area contributed by atoms with Gasteiger partial charge >= 0.3 is 0 Å². The van der Waals surface area contributed by atoms with E-state index in [-0.39, 0.29) is 0 Å². The van der Waals surface area contributed by atoms with Gasteiger partial charge in [0.05, 0.1) is 0 Å². The molecule has 0 bridgehead atoms. The molecular formula is C13H27N3. The number of hydrogen-bond acceptors (Lipinski definition) is 3. The maximum Gasteiger partial charge on any atom is 0.0198 e. The van der Waals surface area contributed by atoms with Crippen LogP contribution in [0.3, 0.4) is 0 Å². The van der Waals surface area contributed by atoms with E-state index in [0.717, 1.165) is 6.04 Å². The van der Waals surface area contributed by atoms with Gasteiger partial charge in [0.15, 0.2) is 0 Å². The summed E-state index contributed by atoms with van der Waals surface area (Å²) in [5.41, 5.74) is 0. The Kier molecular flexibility index (Phi) is 4.22.